The van der Waals surface area contributed by atoms with Crippen molar-refractivity contribution in [3.8, 4) is 23.3 Å². The fourth-order valence-electron chi connectivity index (χ4n) is 6.30. The van der Waals surface area contributed by atoms with Gasteiger partial charge in [0.15, 0.2) is 11.3 Å². The van der Waals surface area contributed by atoms with Crippen molar-refractivity contribution in [2.75, 3.05) is 26.9 Å². The van der Waals surface area contributed by atoms with Gasteiger partial charge in [-0.3, -0.25) is 9.59 Å². The fourth-order valence-corrected chi connectivity index (χ4v) is 6.30. The SMILES string of the molecule is COc1c(O[C@H]2O[C@H](CO)[C@@H](O)[C@H](O)[C@H]2O)c2c(c3c([C@H]4CNC(=O)C4)coc13)C[C@H]1C#CCCCOC(=O)[C@@H]1C2. The minimum Gasteiger partial charge on any atom is -0.490 e. The van der Waals surface area contributed by atoms with E-state index in [1.54, 1.807) is 6.26 Å². The Morgan fingerprint density at radius 1 is 1.07 bits per heavy atom. The first-order chi connectivity index (χ1) is 19.8. The van der Waals surface area contributed by atoms with Gasteiger partial charge in [0.2, 0.25) is 17.9 Å². The zero-order valence-corrected chi connectivity index (χ0v) is 22.5. The molecule has 1 aromatic carbocycles. The number of fused-ring (bicyclic) bond motifs is 4. The normalized spacial score (nSPS) is 33.3. The molecule has 5 N–H and O–H groups in total. The highest BCUT2D eigenvalue weighted by molar-refractivity contribution is 5.95. The molecule has 0 radical (unpaired) electrons. The Labute approximate surface area is 235 Å². The molecule has 0 saturated carbocycles. The standard InChI is InChI=1S/C29H33NO11/c1-37-27-25(41-29-24(35)23(34)22(33)19(11-31)40-29)17-9-15-13(5-3-2-4-6-38-28(15)36)7-16(17)21-18(12-39-26(21)27)14-8-20(32)30-10-14/h12-15,19,22-24,29,31,33-35H,2,4,6-11H2,1H3,(H,30,32)/t13-,14-,15-,19-,22-,23+,24-,29-/m1/s1. The number of esters is 1. The molecule has 4 aliphatic rings. The number of carbonyl (C=O) groups is 2. The van der Waals surface area contributed by atoms with Gasteiger partial charge < -0.3 is 49.1 Å². The second kappa shape index (κ2) is 11.2. The van der Waals surface area contributed by atoms with Gasteiger partial charge in [-0.15, -0.1) is 5.92 Å². The smallest absolute Gasteiger partial charge is 0.310 e. The first-order valence-electron chi connectivity index (χ1n) is 13.8. The maximum atomic E-state index is 13.2. The summed E-state index contributed by atoms with van der Waals surface area (Å²) in [7, 11) is 1.43. The highest BCUT2D eigenvalue weighted by Crippen LogP contribution is 2.50. The number of rotatable bonds is 5. The van der Waals surface area contributed by atoms with Gasteiger partial charge in [-0.25, -0.2) is 0 Å². The molecule has 0 unspecified atom stereocenters. The van der Waals surface area contributed by atoms with Crippen molar-refractivity contribution >= 4 is 22.8 Å². The van der Waals surface area contributed by atoms with Gasteiger partial charge in [0.05, 0.1) is 32.5 Å². The van der Waals surface area contributed by atoms with Gasteiger partial charge in [-0.2, -0.15) is 0 Å². The van der Waals surface area contributed by atoms with E-state index in [1.807, 2.05) is 0 Å². The van der Waals surface area contributed by atoms with E-state index in [-0.39, 0.29) is 48.2 Å². The number of nitrogens with one attached hydrogen (secondary N) is 1. The lowest BCUT2D eigenvalue weighted by Crippen LogP contribution is -2.60. The maximum Gasteiger partial charge on any atom is 0.310 e. The van der Waals surface area contributed by atoms with Crippen molar-refractivity contribution in [3.05, 3.63) is 23.0 Å². The molecule has 6 rings (SSSR count). The molecule has 41 heavy (non-hydrogen) atoms. The van der Waals surface area contributed by atoms with Crippen molar-refractivity contribution in [3.63, 3.8) is 0 Å². The number of hydrogen-bond acceptors (Lipinski definition) is 11. The van der Waals surface area contributed by atoms with Crippen LogP contribution in [0.5, 0.6) is 11.5 Å². The molecule has 0 bridgehead atoms. The molecular weight excluding hydrogens is 538 g/mol. The highest BCUT2D eigenvalue weighted by atomic mass is 16.7. The lowest BCUT2D eigenvalue weighted by Gasteiger charge is -2.40. The minimum atomic E-state index is -1.66. The second-order valence-corrected chi connectivity index (χ2v) is 10.9. The second-order valence-electron chi connectivity index (χ2n) is 10.9. The Hall–Kier alpha value is -3.34. The number of cyclic esters (lactones) is 1. The Bertz CT molecular complexity index is 1410. The molecule has 220 valence electrons. The molecule has 2 fully saturated rings. The van der Waals surface area contributed by atoms with Crippen molar-refractivity contribution in [2.24, 2.45) is 11.8 Å². The van der Waals surface area contributed by atoms with Crippen LogP contribution in [0.1, 0.15) is 41.9 Å². The summed E-state index contributed by atoms with van der Waals surface area (Å²) in [5.41, 5.74) is 2.60. The van der Waals surface area contributed by atoms with E-state index in [0.29, 0.717) is 43.4 Å². The minimum absolute atomic E-state index is 0.0577. The van der Waals surface area contributed by atoms with Crippen LogP contribution in [0.2, 0.25) is 0 Å². The van der Waals surface area contributed by atoms with Gasteiger partial charge in [-0.1, -0.05) is 5.92 Å². The zero-order valence-electron chi connectivity index (χ0n) is 22.5. The summed E-state index contributed by atoms with van der Waals surface area (Å²) in [6, 6.07) is 0. The largest absolute Gasteiger partial charge is 0.490 e. The molecular formula is C29H33NO11. The van der Waals surface area contributed by atoms with Crippen LogP contribution >= 0.6 is 0 Å². The molecule has 4 heterocycles. The van der Waals surface area contributed by atoms with Crippen LogP contribution in [0.4, 0.5) is 0 Å². The van der Waals surface area contributed by atoms with Crippen LogP contribution in [-0.4, -0.2) is 89.9 Å². The van der Waals surface area contributed by atoms with Gasteiger partial charge in [-0.05, 0) is 24.8 Å². The average molecular weight is 572 g/mol. The lowest BCUT2D eigenvalue weighted by molar-refractivity contribution is -0.277. The van der Waals surface area contributed by atoms with E-state index in [2.05, 4.69) is 17.2 Å². The molecule has 12 heteroatoms. The van der Waals surface area contributed by atoms with E-state index in [9.17, 15) is 30.0 Å². The van der Waals surface area contributed by atoms with Crippen molar-refractivity contribution < 1.29 is 53.4 Å². The number of methoxy groups -OCH3 is 1. The molecule has 2 saturated heterocycles. The average Bonchev–Trinajstić information content (AvgIpc) is 3.62. The molecule has 12 nitrogen and oxygen atoms in total. The van der Waals surface area contributed by atoms with E-state index in [4.69, 9.17) is 23.4 Å². The van der Waals surface area contributed by atoms with Crippen LogP contribution < -0.4 is 14.8 Å². The van der Waals surface area contributed by atoms with Crippen LogP contribution in [0, 0.1) is 23.7 Å². The van der Waals surface area contributed by atoms with Gasteiger partial charge in [0.1, 0.15) is 24.4 Å². The van der Waals surface area contributed by atoms with E-state index in [1.165, 1.54) is 7.11 Å². The first-order valence-corrected chi connectivity index (χ1v) is 13.8. The van der Waals surface area contributed by atoms with Crippen LogP contribution in [0.3, 0.4) is 0 Å². The zero-order chi connectivity index (χ0) is 28.8. The van der Waals surface area contributed by atoms with Crippen molar-refractivity contribution in [1.82, 2.24) is 5.32 Å². The summed E-state index contributed by atoms with van der Waals surface area (Å²) in [6.45, 7) is 0.101. The van der Waals surface area contributed by atoms with E-state index >= 15 is 0 Å². The molecule has 0 spiro atoms. The third-order valence-corrected chi connectivity index (χ3v) is 8.49. The topological polar surface area (TPSA) is 177 Å². The summed E-state index contributed by atoms with van der Waals surface area (Å²) in [5.74, 6) is 5.28. The number of benzene rings is 1. The number of furan rings is 1. The maximum absolute atomic E-state index is 13.2. The summed E-state index contributed by atoms with van der Waals surface area (Å²) < 4.78 is 29.2. The summed E-state index contributed by atoms with van der Waals surface area (Å²) in [4.78, 5) is 25.3. The molecule has 8 atom stereocenters. The van der Waals surface area contributed by atoms with Crippen LogP contribution in [-0.2, 0) is 31.9 Å². The Morgan fingerprint density at radius 2 is 1.90 bits per heavy atom. The van der Waals surface area contributed by atoms with Crippen molar-refractivity contribution in [1.29, 1.82) is 0 Å². The fraction of sp³-hybridized carbons (Fsp3) is 0.586. The van der Waals surface area contributed by atoms with E-state index < -0.39 is 43.2 Å². The van der Waals surface area contributed by atoms with Crippen LogP contribution in [0.15, 0.2) is 10.7 Å². The summed E-state index contributed by atoms with van der Waals surface area (Å²) in [6.07, 6.45) is -3.84. The predicted molar refractivity (Wildman–Crippen MR) is 140 cm³/mol. The highest BCUT2D eigenvalue weighted by Gasteiger charge is 2.47. The predicted octanol–water partition coefficient (Wildman–Crippen LogP) is -0.105. The molecule has 3 aliphatic heterocycles. The number of ether oxygens (including phenoxy) is 4. The third kappa shape index (κ3) is 4.81. The van der Waals surface area contributed by atoms with Gasteiger partial charge >= 0.3 is 5.97 Å². The molecule has 1 amide bonds. The molecule has 2 aromatic rings. The Balaban J connectivity index is 1.51. The summed E-state index contributed by atoms with van der Waals surface area (Å²) >= 11 is 0. The number of hydrogen-bond donors (Lipinski definition) is 5. The van der Waals surface area contributed by atoms with Gasteiger partial charge in [0, 0.05) is 47.7 Å². The first kappa shape index (κ1) is 27.8. The van der Waals surface area contributed by atoms with Crippen molar-refractivity contribution in [2.45, 2.75) is 68.7 Å². The quantitative estimate of drug-likeness (QED) is 0.239. The third-order valence-electron chi connectivity index (χ3n) is 8.49. The van der Waals surface area contributed by atoms with Gasteiger partial charge in [0.25, 0.3) is 0 Å². The number of aliphatic hydroxyl groups excluding tert-OH is 4. The monoisotopic (exact) mass is 571 g/mol. The Kier molecular flexibility index (Phi) is 7.56. The lowest BCUT2D eigenvalue weighted by atomic mass is 9.73. The van der Waals surface area contributed by atoms with E-state index in [0.717, 1.165) is 16.5 Å². The molecule has 1 aliphatic carbocycles. The number of carbonyl (C=O) groups excluding carboxylic acids is 2. The Morgan fingerprint density at radius 3 is 2.63 bits per heavy atom. The number of amides is 1. The van der Waals surface area contributed by atoms with Crippen LogP contribution in [0.25, 0.3) is 11.0 Å². The molecule has 1 aromatic heterocycles. The summed E-state index contributed by atoms with van der Waals surface area (Å²) in [5, 5.41) is 44.6. The number of aliphatic hydroxyl groups is 4.